The summed E-state index contributed by atoms with van der Waals surface area (Å²) in [5.41, 5.74) is 0.154. The summed E-state index contributed by atoms with van der Waals surface area (Å²) in [4.78, 5) is 16.1. The number of carbonyl (C=O) groups excluding carboxylic acids is 1. The zero-order valence-electron chi connectivity index (χ0n) is 13.9. The maximum Gasteiger partial charge on any atom is 0.315 e. The summed E-state index contributed by atoms with van der Waals surface area (Å²) in [5, 5.41) is 5.41. The normalized spacial score (nSPS) is 12.0. The summed E-state index contributed by atoms with van der Waals surface area (Å²) in [6, 6.07) is 2.28. The molecule has 1 heterocycles. The number of imidazole rings is 1. The fourth-order valence-electron chi connectivity index (χ4n) is 2.48. The van der Waals surface area contributed by atoms with E-state index in [4.69, 9.17) is 0 Å². The van der Waals surface area contributed by atoms with Gasteiger partial charge in [0.2, 0.25) is 0 Å². The number of benzene rings is 1. The number of nitrogens with one attached hydrogen (secondary N) is 2. The minimum atomic E-state index is -0.573. The molecule has 2 N–H and O–H groups in total. The minimum Gasteiger partial charge on any atom is -0.338 e. The molecule has 0 saturated carbocycles. The van der Waals surface area contributed by atoms with Crippen molar-refractivity contribution in [3.05, 3.63) is 53.6 Å². The molecule has 0 aliphatic heterocycles. The van der Waals surface area contributed by atoms with E-state index in [1.165, 1.54) is 0 Å². The minimum absolute atomic E-state index is 0.154. The Morgan fingerprint density at radius 1 is 1.38 bits per heavy atom. The molecule has 2 aromatic rings. The molecule has 0 unspecified atom stereocenters. The smallest absolute Gasteiger partial charge is 0.315 e. The molecule has 1 aromatic carbocycles. The summed E-state index contributed by atoms with van der Waals surface area (Å²) in [6.07, 6.45) is 4.82. The number of aryl methyl sites for hydroxylation is 2. The number of amides is 2. The van der Waals surface area contributed by atoms with Crippen molar-refractivity contribution in [3.8, 4) is 0 Å². The molecule has 5 nitrogen and oxygen atoms in total. The van der Waals surface area contributed by atoms with Crippen LogP contribution in [-0.4, -0.2) is 22.1 Å². The highest BCUT2D eigenvalue weighted by molar-refractivity contribution is 5.74. The fourth-order valence-corrected chi connectivity index (χ4v) is 2.48. The largest absolute Gasteiger partial charge is 0.338 e. The van der Waals surface area contributed by atoms with E-state index in [1.807, 2.05) is 17.7 Å². The van der Waals surface area contributed by atoms with Gasteiger partial charge < -0.3 is 15.2 Å². The molecule has 2 amide bonds. The van der Waals surface area contributed by atoms with E-state index in [0.29, 0.717) is 13.0 Å². The van der Waals surface area contributed by atoms with Gasteiger partial charge in [-0.25, -0.2) is 18.6 Å². The summed E-state index contributed by atoms with van der Waals surface area (Å²) in [5.74, 6) is -0.131. The molecule has 24 heavy (non-hydrogen) atoms. The third-order valence-corrected chi connectivity index (χ3v) is 3.83. The van der Waals surface area contributed by atoms with Crippen LogP contribution in [0.4, 0.5) is 13.6 Å². The maximum absolute atomic E-state index is 13.8. The van der Waals surface area contributed by atoms with Gasteiger partial charge in [0.25, 0.3) is 0 Å². The van der Waals surface area contributed by atoms with Crippen LogP contribution < -0.4 is 10.6 Å². The molecular weight excluding hydrogens is 314 g/mol. The van der Waals surface area contributed by atoms with Crippen LogP contribution in [-0.2, 0) is 6.54 Å². The van der Waals surface area contributed by atoms with E-state index in [0.717, 1.165) is 37.0 Å². The van der Waals surface area contributed by atoms with Gasteiger partial charge in [0, 0.05) is 31.0 Å². The van der Waals surface area contributed by atoms with E-state index >= 15 is 0 Å². The standard InChI is InChI=1S/C17H22F2N4O/c1-3-16(14-11-13(18)5-6-15(14)19)22-17(24)21-7-4-9-23-10-8-20-12(23)2/h5-6,8,10-11,16H,3-4,7,9H2,1-2H3,(H2,21,22,24)/t16-/m0/s1. The molecule has 0 spiro atoms. The van der Waals surface area contributed by atoms with Crippen LogP contribution in [0.1, 0.15) is 37.2 Å². The summed E-state index contributed by atoms with van der Waals surface area (Å²) >= 11 is 0. The molecule has 0 radical (unpaired) electrons. The first-order valence-electron chi connectivity index (χ1n) is 7.98. The van der Waals surface area contributed by atoms with Gasteiger partial charge in [-0.2, -0.15) is 0 Å². The molecule has 0 bridgehead atoms. The van der Waals surface area contributed by atoms with Crippen LogP contribution in [0.5, 0.6) is 0 Å². The zero-order chi connectivity index (χ0) is 17.5. The lowest BCUT2D eigenvalue weighted by Gasteiger charge is -2.18. The van der Waals surface area contributed by atoms with Gasteiger partial charge >= 0.3 is 6.03 Å². The first-order chi connectivity index (χ1) is 11.5. The van der Waals surface area contributed by atoms with E-state index in [1.54, 1.807) is 13.1 Å². The van der Waals surface area contributed by atoms with E-state index in [2.05, 4.69) is 15.6 Å². The highest BCUT2D eigenvalue weighted by atomic mass is 19.1. The van der Waals surface area contributed by atoms with Gasteiger partial charge in [-0.1, -0.05) is 6.92 Å². The number of hydrogen-bond donors (Lipinski definition) is 2. The van der Waals surface area contributed by atoms with Gasteiger partial charge in [-0.05, 0) is 38.0 Å². The van der Waals surface area contributed by atoms with Crippen LogP contribution in [0.2, 0.25) is 0 Å². The van der Waals surface area contributed by atoms with Gasteiger partial charge in [-0.15, -0.1) is 0 Å². The Kier molecular flexibility index (Phi) is 6.28. The number of nitrogens with zero attached hydrogens (tertiary/aromatic N) is 2. The number of aromatic nitrogens is 2. The summed E-state index contributed by atoms with van der Waals surface area (Å²) in [7, 11) is 0. The van der Waals surface area contributed by atoms with Crippen molar-refractivity contribution in [3.63, 3.8) is 0 Å². The Morgan fingerprint density at radius 3 is 2.83 bits per heavy atom. The summed E-state index contributed by atoms with van der Waals surface area (Å²) in [6.45, 7) is 4.95. The second-order valence-corrected chi connectivity index (χ2v) is 5.55. The number of carbonyl (C=O) groups is 1. The van der Waals surface area contributed by atoms with Crippen molar-refractivity contribution < 1.29 is 13.6 Å². The average molecular weight is 336 g/mol. The summed E-state index contributed by atoms with van der Waals surface area (Å²) < 4.78 is 29.1. The molecule has 2 rings (SSSR count). The van der Waals surface area contributed by atoms with Crippen LogP contribution in [0.15, 0.2) is 30.6 Å². The van der Waals surface area contributed by atoms with E-state index in [-0.39, 0.29) is 5.56 Å². The fraction of sp³-hybridized carbons (Fsp3) is 0.412. The van der Waals surface area contributed by atoms with E-state index in [9.17, 15) is 13.6 Å². The Balaban J connectivity index is 1.81. The van der Waals surface area contributed by atoms with Gasteiger partial charge in [-0.3, -0.25) is 0 Å². The SMILES string of the molecule is CC[C@H](NC(=O)NCCCn1ccnc1C)c1cc(F)ccc1F. The maximum atomic E-state index is 13.8. The third-order valence-electron chi connectivity index (χ3n) is 3.83. The molecular formula is C17H22F2N4O. The van der Waals surface area contributed by atoms with Crippen LogP contribution >= 0.6 is 0 Å². The van der Waals surface area contributed by atoms with Gasteiger partial charge in [0.1, 0.15) is 17.5 Å². The molecule has 0 aliphatic carbocycles. The lowest BCUT2D eigenvalue weighted by Crippen LogP contribution is -2.38. The average Bonchev–Trinajstić information content (AvgIpc) is 2.97. The number of urea groups is 1. The van der Waals surface area contributed by atoms with Crippen molar-refractivity contribution in [2.45, 2.75) is 39.3 Å². The molecule has 0 fully saturated rings. The molecule has 0 aliphatic rings. The monoisotopic (exact) mass is 336 g/mol. The molecule has 7 heteroatoms. The predicted octanol–water partition coefficient (Wildman–Crippen LogP) is 3.31. The van der Waals surface area contributed by atoms with E-state index < -0.39 is 23.7 Å². The first kappa shape index (κ1) is 17.9. The van der Waals surface area contributed by atoms with Gasteiger partial charge in [0.05, 0.1) is 6.04 Å². The Morgan fingerprint density at radius 2 is 2.17 bits per heavy atom. The Labute approximate surface area is 140 Å². The highest BCUT2D eigenvalue weighted by Gasteiger charge is 2.17. The third kappa shape index (κ3) is 4.78. The number of halogens is 2. The van der Waals surface area contributed by atoms with Crippen molar-refractivity contribution >= 4 is 6.03 Å². The van der Waals surface area contributed by atoms with Crippen LogP contribution in [0.25, 0.3) is 0 Å². The zero-order valence-corrected chi connectivity index (χ0v) is 13.9. The molecule has 130 valence electrons. The van der Waals surface area contributed by atoms with Crippen molar-refractivity contribution in [1.82, 2.24) is 20.2 Å². The molecule has 1 atom stereocenters. The second kappa shape index (κ2) is 8.42. The van der Waals surface area contributed by atoms with Gasteiger partial charge in [0.15, 0.2) is 0 Å². The van der Waals surface area contributed by atoms with Crippen molar-refractivity contribution in [2.24, 2.45) is 0 Å². The Hall–Kier alpha value is -2.44. The lowest BCUT2D eigenvalue weighted by atomic mass is 10.0. The first-order valence-corrected chi connectivity index (χ1v) is 7.98. The van der Waals surface area contributed by atoms with Crippen LogP contribution in [0, 0.1) is 18.6 Å². The van der Waals surface area contributed by atoms with Crippen molar-refractivity contribution in [2.75, 3.05) is 6.54 Å². The molecule has 0 saturated heterocycles. The lowest BCUT2D eigenvalue weighted by molar-refractivity contribution is 0.236. The second-order valence-electron chi connectivity index (χ2n) is 5.55. The predicted molar refractivity (Wildman–Crippen MR) is 87.5 cm³/mol. The quantitative estimate of drug-likeness (QED) is 0.762. The van der Waals surface area contributed by atoms with Crippen molar-refractivity contribution in [1.29, 1.82) is 0 Å². The Bertz CT molecular complexity index is 687. The topological polar surface area (TPSA) is 59.0 Å². The number of rotatable bonds is 7. The van der Waals surface area contributed by atoms with Crippen LogP contribution in [0.3, 0.4) is 0 Å². The molecule has 1 aromatic heterocycles. The highest BCUT2D eigenvalue weighted by Crippen LogP contribution is 2.21. The number of hydrogen-bond acceptors (Lipinski definition) is 2.